The van der Waals surface area contributed by atoms with Gasteiger partial charge in [-0.2, -0.15) is 0 Å². The van der Waals surface area contributed by atoms with Gasteiger partial charge in [0.05, 0.1) is 0 Å². The van der Waals surface area contributed by atoms with Crippen LogP contribution < -0.4 is 11.3 Å². The van der Waals surface area contributed by atoms with Gasteiger partial charge in [-0.05, 0) is 17.5 Å². The SMILES string of the molecule is Nc1[nH]c(=O)c(C(=O)O)c(-c2ccc(CCC(=O)O)cc2)c1C(=O)O. The van der Waals surface area contributed by atoms with E-state index in [2.05, 4.69) is 0 Å². The quantitative estimate of drug-likeness (QED) is 0.516. The van der Waals surface area contributed by atoms with Crippen molar-refractivity contribution in [3.8, 4) is 11.1 Å². The summed E-state index contributed by atoms with van der Waals surface area (Å²) in [4.78, 5) is 47.4. The number of aromatic carboxylic acids is 2. The Hall–Kier alpha value is -3.62. The van der Waals surface area contributed by atoms with Gasteiger partial charge >= 0.3 is 17.9 Å². The minimum Gasteiger partial charge on any atom is -0.481 e. The molecule has 9 nitrogen and oxygen atoms in total. The number of pyridine rings is 1. The average molecular weight is 346 g/mol. The van der Waals surface area contributed by atoms with Crippen LogP contribution in [0, 0.1) is 0 Å². The van der Waals surface area contributed by atoms with Crippen LogP contribution in [-0.4, -0.2) is 38.2 Å². The topological polar surface area (TPSA) is 171 Å². The van der Waals surface area contributed by atoms with E-state index in [0.717, 1.165) is 0 Å². The molecule has 0 atom stereocenters. The maximum Gasteiger partial charge on any atom is 0.342 e. The van der Waals surface area contributed by atoms with E-state index in [4.69, 9.17) is 10.8 Å². The first-order valence-electron chi connectivity index (χ1n) is 7.05. The standard InChI is InChI=1S/C16H14N2O7/c17-13-11(15(22)23)10(12(16(24)25)14(21)18-13)8-4-1-7(2-5-8)3-6-9(19)20/h1-2,4-5H,3,6H2,(H,19,20)(H,22,23)(H,24,25)(H3,17,18,21). The first-order valence-corrected chi connectivity index (χ1v) is 7.05. The summed E-state index contributed by atoms with van der Waals surface area (Å²) in [7, 11) is 0. The monoisotopic (exact) mass is 346 g/mol. The predicted octanol–water partition coefficient (Wildman–Crippen LogP) is 1.04. The largest absolute Gasteiger partial charge is 0.481 e. The lowest BCUT2D eigenvalue weighted by atomic mass is 9.94. The third-order valence-corrected chi connectivity index (χ3v) is 3.54. The van der Waals surface area contributed by atoms with E-state index in [1.165, 1.54) is 24.3 Å². The Morgan fingerprint density at radius 3 is 2.00 bits per heavy atom. The highest BCUT2D eigenvalue weighted by molar-refractivity contribution is 6.07. The van der Waals surface area contributed by atoms with E-state index in [9.17, 15) is 29.4 Å². The van der Waals surface area contributed by atoms with Crippen LogP contribution in [0.5, 0.6) is 0 Å². The molecule has 0 bridgehead atoms. The zero-order chi connectivity index (χ0) is 18.7. The molecule has 2 aromatic rings. The number of H-pyrrole nitrogens is 1. The van der Waals surface area contributed by atoms with Gasteiger partial charge < -0.3 is 26.0 Å². The number of aryl methyl sites for hydroxylation is 1. The van der Waals surface area contributed by atoms with Gasteiger partial charge in [0, 0.05) is 12.0 Å². The fraction of sp³-hybridized carbons (Fsp3) is 0.125. The molecular weight excluding hydrogens is 332 g/mol. The Kier molecular flexibility index (Phi) is 4.87. The first kappa shape index (κ1) is 17.7. The number of aromatic amines is 1. The second-order valence-electron chi connectivity index (χ2n) is 5.19. The molecule has 0 spiro atoms. The summed E-state index contributed by atoms with van der Waals surface area (Å²) in [5, 5.41) is 27.3. The number of nitrogens with two attached hydrogens (primary N) is 1. The third kappa shape index (κ3) is 3.66. The second kappa shape index (κ2) is 6.87. The Morgan fingerprint density at radius 1 is 0.960 bits per heavy atom. The summed E-state index contributed by atoms with van der Waals surface area (Å²) in [5.74, 6) is -4.49. The Balaban J connectivity index is 2.64. The van der Waals surface area contributed by atoms with Crippen LogP contribution in [0.1, 0.15) is 32.7 Å². The molecule has 0 aliphatic heterocycles. The number of carboxylic acids is 3. The molecule has 0 unspecified atom stereocenters. The molecule has 25 heavy (non-hydrogen) atoms. The Bertz CT molecular complexity index is 913. The molecule has 0 fully saturated rings. The van der Waals surface area contributed by atoms with E-state index >= 15 is 0 Å². The van der Waals surface area contributed by atoms with Gasteiger partial charge in [0.15, 0.2) is 0 Å². The van der Waals surface area contributed by atoms with E-state index in [1.807, 2.05) is 4.98 Å². The van der Waals surface area contributed by atoms with Crippen LogP contribution in [0.3, 0.4) is 0 Å². The van der Waals surface area contributed by atoms with Crippen molar-refractivity contribution in [2.75, 3.05) is 5.73 Å². The fourth-order valence-electron chi connectivity index (χ4n) is 2.42. The third-order valence-electron chi connectivity index (χ3n) is 3.54. The van der Waals surface area contributed by atoms with Crippen molar-refractivity contribution in [3.63, 3.8) is 0 Å². The lowest BCUT2D eigenvalue weighted by Gasteiger charge is -2.12. The number of aromatic nitrogens is 1. The second-order valence-corrected chi connectivity index (χ2v) is 5.19. The highest BCUT2D eigenvalue weighted by Crippen LogP contribution is 2.29. The molecule has 0 radical (unpaired) electrons. The zero-order valence-electron chi connectivity index (χ0n) is 12.8. The van der Waals surface area contributed by atoms with Crippen molar-refractivity contribution in [3.05, 3.63) is 51.3 Å². The lowest BCUT2D eigenvalue weighted by Crippen LogP contribution is -2.24. The maximum atomic E-state index is 11.9. The Labute approximate surface area is 140 Å². The molecule has 0 amide bonds. The van der Waals surface area contributed by atoms with Crippen molar-refractivity contribution in [1.82, 2.24) is 4.98 Å². The molecular formula is C16H14N2O7. The minimum atomic E-state index is -1.59. The number of hydrogen-bond acceptors (Lipinski definition) is 5. The lowest BCUT2D eigenvalue weighted by molar-refractivity contribution is -0.136. The first-order chi connectivity index (χ1) is 11.7. The maximum absolute atomic E-state index is 11.9. The number of benzene rings is 1. The van der Waals surface area contributed by atoms with Crippen LogP contribution in [-0.2, 0) is 11.2 Å². The normalized spacial score (nSPS) is 10.4. The van der Waals surface area contributed by atoms with Crippen molar-refractivity contribution >= 4 is 23.7 Å². The van der Waals surface area contributed by atoms with E-state index < -0.39 is 40.4 Å². The number of nitrogens with one attached hydrogen (secondary N) is 1. The van der Waals surface area contributed by atoms with Gasteiger partial charge in [0.2, 0.25) is 0 Å². The molecule has 0 aliphatic rings. The van der Waals surface area contributed by atoms with E-state index in [1.54, 1.807) is 0 Å². The van der Waals surface area contributed by atoms with E-state index in [0.29, 0.717) is 5.56 Å². The summed E-state index contributed by atoms with van der Waals surface area (Å²) in [6.07, 6.45) is 0.169. The molecule has 6 N–H and O–H groups in total. The van der Waals surface area contributed by atoms with Crippen molar-refractivity contribution in [2.24, 2.45) is 0 Å². The highest BCUT2D eigenvalue weighted by atomic mass is 16.4. The van der Waals surface area contributed by atoms with Crippen LogP contribution in [0.4, 0.5) is 5.82 Å². The summed E-state index contributed by atoms with van der Waals surface area (Å²) >= 11 is 0. The molecule has 1 aromatic carbocycles. The van der Waals surface area contributed by atoms with Crippen LogP contribution in [0.15, 0.2) is 29.1 Å². The number of aliphatic carboxylic acids is 1. The van der Waals surface area contributed by atoms with Crippen molar-refractivity contribution < 1.29 is 29.7 Å². The number of nitrogen functional groups attached to an aromatic ring is 1. The van der Waals surface area contributed by atoms with Gasteiger partial charge in [-0.25, -0.2) is 9.59 Å². The van der Waals surface area contributed by atoms with Crippen molar-refractivity contribution in [2.45, 2.75) is 12.8 Å². The number of hydrogen-bond donors (Lipinski definition) is 5. The summed E-state index contributed by atoms with van der Waals surface area (Å²) in [6, 6.07) is 5.91. The summed E-state index contributed by atoms with van der Waals surface area (Å²) in [5.41, 5.74) is 3.82. The molecule has 130 valence electrons. The minimum absolute atomic E-state index is 0.0853. The van der Waals surface area contributed by atoms with Crippen LogP contribution in [0.25, 0.3) is 11.1 Å². The highest BCUT2D eigenvalue weighted by Gasteiger charge is 2.26. The number of anilines is 1. The van der Waals surface area contributed by atoms with Crippen LogP contribution in [0.2, 0.25) is 0 Å². The summed E-state index contributed by atoms with van der Waals surface area (Å²) in [6.45, 7) is 0. The number of carbonyl (C=O) groups is 3. The van der Waals surface area contributed by atoms with Gasteiger partial charge in [-0.1, -0.05) is 24.3 Å². The van der Waals surface area contributed by atoms with Gasteiger partial charge in [-0.15, -0.1) is 0 Å². The molecule has 0 saturated carbocycles. The Morgan fingerprint density at radius 2 is 1.52 bits per heavy atom. The molecule has 2 rings (SSSR count). The van der Waals surface area contributed by atoms with Gasteiger partial charge in [-0.3, -0.25) is 9.59 Å². The van der Waals surface area contributed by atoms with Gasteiger partial charge in [0.25, 0.3) is 5.56 Å². The predicted molar refractivity (Wildman–Crippen MR) is 86.8 cm³/mol. The molecule has 1 heterocycles. The van der Waals surface area contributed by atoms with Crippen LogP contribution >= 0.6 is 0 Å². The molecule has 9 heteroatoms. The molecule has 0 aliphatic carbocycles. The number of carboxylic acid groups (broad SMARTS) is 3. The summed E-state index contributed by atoms with van der Waals surface area (Å²) < 4.78 is 0. The fourth-order valence-corrected chi connectivity index (χ4v) is 2.42. The van der Waals surface area contributed by atoms with Crippen molar-refractivity contribution in [1.29, 1.82) is 0 Å². The molecule has 1 aromatic heterocycles. The smallest absolute Gasteiger partial charge is 0.342 e. The van der Waals surface area contributed by atoms with Gasteiger partial charge in [0.1, 0.15) is 16.9 Å². The van der Waals surface area contributed by atoms with E-state index in [-0.39, 0.29) is 24.0 Å². The average Bonchev–Trinajstić information content (AvgIpc) is 2.51. The zero-order valence-corrected chi connectivity index (χ0v) is 12.8. The number of rotatable bonds is 6. The molecule has 0 saturated heterocycles.